The van der Waals surface area contributed by atoms with Crippen molar-refractivity contribution in [1.29, 1.82) is 0 Å². The average Bonchev–Trinajstić information content (AvgIpc) is 2.39. The van der Waals surface area contributed by atoms with Crippen LogP contribution < -0.4 is 4.90 Å². The van der Waals surface area contributed by atoms with Crippen LogP contribution in [0.2, 0.25) is 5.02 Å². The van der Waals surface area contributed by atoms with Gasteiger partial charge in [0.05, 0.1) is 25.2 Å². The van der Waals surface area contributed by atoms with Crippen LogP contribution in [0.3, 0.4) is 0 Å². The fourth-order valence-electron chi connectivity index (χ4n) is 1.49. The zero-order chi connectivity index (χ0) is 14.3. The number of pyridine rings is 1. The van der Waals surface area contributed by atoms with Crippen LogP contribution in [0.15, 0.2) is 12.3 Å². The van der Waals surface area contributed by atoms with Crippen LogP contribution in [0, 0.1) is 5.82 Å². The van der Waals surface area contributed by atoms with Crippen LogP contribution in [0.4, 0.5) is 10.2 Å². The van der Waals surface area contributed by atoms with Gasteiger partial charge in [0, 0.05) is 26.4 Å². The molecule has 0 aliphatic heterocycles. The van der Waals surface area contributed by atoms with Gasteiger partial charge in [0.1, 0.15) is 0 Å². The van der Waals surface area contributed by atoms with Gasteiger partial charge in [-0.3, -0.25) is 4.79 Å². The fraction of sp³-hybridized carbons (Fsp3) is 0.500. The first-order valence-electron chi connectivity index (χ1n) is 5.70. The molecule has 0 N–H and O–H groups in total. The van der Waals surface area contributed by atoms with E-state index >= 15 is 0 Å². The fourth-order valence-corrected chi connectivity index (χ4v) is 1.64. The van der Waals surface area contributed by atoms with Crippen LogP contribution >= 0.6 is 11.6 Å². The molecule has 0 bridgehead atoms. The minimum absolute atomic E-state index is 0.143. The molecule has 1 rings (SSSR count). The van der Waals surface area contributed by atoms with E-state index in [1.807, 2.05) is 0 Å². The Labute approximate surface area is 116 Å². The van der Waals surface area contributed by atoms with E-state index in [1.54, 1.807) is 12.0 Å². The summed E-state index contributed by atoms with van der Waals surface area (Å²) >= 11 is 5.66. The molecule has 0 aromatic carbocycles. The van der Waals surface area contributed by atoms with Crippen LogP contribution in [-0.4, -0.2) is 44.9 Å². The largest absolute Gasteiger partial charge is 0.469 e. The molecule has 19 heavy (non-hydrogen) atoms. The van der Waals surface area contributed by atoms with E-state index < -0.39 is 5.82 Å². The van der Waals surface area contributed by atoms with E-state index in [0.717, 1.165) is 0 Å². The summed E-state index contributed by atoms with van der Waals surface area (Å²) in [4.78, 5) is 16.7. The summed E-state index contributed by atoms with van der Waals surface area (Å²) in [6, 6.07) is 1.18. The van der Waals surface area contributed by atoms with Crippen molar-refractivity contribution in [1.82, 2.24) is 4.98 Å². The number of esters is 1. The van der Waals surface area contributed by atoms with Crippen LogP contribution in [0.25, 0.3) is 0 Å². The number of ether oxygens (including phenoxy) is 2. The Bertz CT molecular complexity index is 431. The second-order valence-electron chi connectivity index (χ2n) is 3.76. The second kappa shape index (κ2) is 7.91. The summed E-state index contributed by atoms with van der Waals surface area (Å²) in [5.74, 6) is -0.754. The van der Waals surface area contributed by atoms with Crippen molar-refractivity contribution in [3.05, 3.63) is 23.1 Å². The molecule has 0 atom stereocenters. The topological polar surface area (TPSA) is 51.7 Å². The number of halogens is 2. The van der Waals surface area contributed by atoms with Gasteiger partial charge < -0.3 is 14.4 Å². The standard InChI is InChI=1S/C12H16ClFN2O3/c1-18-6-5-16(4-3-11(17)19-2)12-10(14)7-9(13)8-15-12/h7-8H,3-6H2,1-2H3. The molecule has 7 heteroatoms. The van der Waals surface area contributed by atoms with Crippen molar-refractivity contribution in [2.45, 2.75) is 6.42 Å². The molecule has 5 nitrogen and oxygen atoms in total. The van der Waals surface area contributed by atoms with Crippen LogP contribution in [0.1, 0.15) is 6.42 Å². The van der Waals surface area contributed by atoms with Crippen molar-refractivity contribution in [2.24, 2.45) is 0 Å². The van der Waals surface area contributed by atoms with Crippen LogP contribution in [0.5, 0.6) is 0 Å². The Morgan fingerprint density at radius 3 is 2.79 bits per heavy atom. The van der Waals surface area contributed by atoms with Gasteiger partial charge in [-0.05, 0) is 6.07 Å². The maximum atomic E-state index is 13.8. The maximum Gasteiger partial charge on any atom is 0.307 e. The summed E-state index contributed by atoms with van der Waals surface area (Å²) in [6.07, 6.45) is 1.50. The first kappa shape index (κ1) is 15.7. The summed E-state index contributed by atoms with van der Waals surface area (Å²) in [5.41, 5.74) is 0. The minimum atomic E-state index is -0.534. The van der Waals surface area contributed by atoms with E-state index in [2.05, 4.69) is 9.72 Å². The average molecular weight is 291 g/mol. The molecule has 1 aromatic rings. The number of carbonyl (C=O) groups excluding carboxylic acids is 1. The predicted octanol–water partition coefficient (Wildman–Crippen LogP) is 1.89. The van der Waals surface area contributed by atoms with Gasteiger partial charge in [0.15, 0.2) is 11.6 Å². The Hall–Kier alpha value is -1.40. The molecule has 0 aliphatic rings. The minimum Gasteiger partial charge on any atom is -0.469 e. The molecule has 1 aromatic heterocycles. The zero-order valence-electron chi connectivity index (χ0n) is 10.9. The van der Waals surface area contributed by atoms with Gasteiger partial charge in [0.2, 0.25) is 0 Å². The highest BCUT2D eigenvalue weighted by atomic mass is 35.5. The SMILES string of the molecule is COCCN(CCC(=O)OC)c1ncc(Cl)cc1F. The summed E-state index contributed by atoms with van der Waals surface area (Å²) in [7, 11) is 2.85. The number of nitrogens with zero attached hydrogens (tertiary/aromatic N) is 2. The molecule has 106 valence electrons. The molecule has 0 amide bonds. The van der Waals surface area contributed by atoms with Crippen molar-refractivity contribution in [3.8, 4) is 0 Å². The lowest BCUT2D eigenvalue weighted by Crippen LogP contribution is -2.31. The third-order valence-electron chi connectivity index (χ3n) is 2.47. The van der Waals surface area contributed by atoms with E-state index in [-0.39, 0.29) is 23.2 Å². The van der Waals surface area contributed by atoms with Gasteiger partial charge in [-0.2, -0.15) is 0 Å². The number of rotatable bonds is 7. The molecular formula is C12H16ClFN2O3. The van der Waals surface area contributed by atoms with Crippen molar-refractivity contribution in [2.75, 3.05) is 38.8 Å². The van der Waals surface area contributed by atoms with Gasteiger partial charge >= 0.3 is 5.97 Å². The Morgan fingerprint density at radius 1 is 1.47 bits per heavy atom. The third kappa shape index (κ3) is 5.00. The van der Waals surface area contributed by atoms with Gasteiger partial charge in [-0.1, -0.05) is 11.6 Å². The van der Waals surface area contributed by atoms with E-state index in [9.17, 15) is 9.18 Å². The molecule has 0 aliphatic carbocycles. The highest BCUT2D eigenvalue weighted by Gasteiger charge is 2.15. The van der Waals surface area contributed by atoms with Gasteiger partial charge in [-0.15, -0.1) is 0 Å². The monoisotopic (exact) mass is 290 g/mol. The number of carbonyl (C=O) groups is 1. The highest BCUT2D eigenvalue weighted by molar-refractivity contribution is 6.30. The van der Waals surface area contributed by atoms with E-state index in [0.29, 0.717) is 19.7 Å². The molecule has 0 saturated carbocycles. The molecule has 0 spiro atoms. The smallest absolute Gasteiger partial charge is 0.307 e. The lowest BCUT2D eigenvalue weighted by Gasteiger charge is -2.23. The van der Waals surface area contributed by atoms with Crippen LogP contribution in [-0.2, 0) is 14.3 Å². The lowest BCUT2D eigenvalue weighted by molar-refractivity contribution is -0.140. The predicted molar refractivity (Wildman–Crippen MR) is 69.9 cm³/mol. The number of aromatic nitrogens is 1. The summed E-state index contributed by atoms with van der Waals surface area (Å²) in [5, 5.41) is 0.223. The quantitative estimate of drug-likeness (QED) is 0.718. The third-order valence-corrected chi connectivity index (χ3v) is 2.67. The molecule has 0 saturated heterocycles. The number of methoxy groups -OCH3 is 2. The Balaban J connectivity index is 2.79. The molecule has 0 radical (unpaired) electrons. The second-order valence-corrected chi connectivity index (χ2v) is 4.20. The Morgan fingerprint density at radius 2 is 2.21 bits per heavy atom. The van der Waals surface area contributed by atoms with Crippen molar-refractivity contribution in [3.63, 3.8) is 0 Å². The van der Waals surface area contributed by atoms with E-state index in [4.69, 9.17) is 16.3 Å². The van der Waals surface area contributed by atoms with Gasteiger partial charge in [0.25, 0.3) is 0 Å². The molecule has 1 heterocycles. The summed E-state index contributed by atoms with van der Waals surface area (Å²) < 4.78 is 23.3. The number of hydrogen-bond acceptors (Lipinski definition) is 5. The normalized spacial score (nSPS) is 10.3. The van der Waals surface area contributed by atoms with Crippen molar-refractivity contribution < 1.29 is 18.7 Å². The van der Waals surface area contributed by atoms with Gasteiger partial charge in [-0.25, -0.2) is 9.37 Å². The number of anilines is 1. The molecule has 0 fully saturated rings. The maximum absolute atomic E-state index is 13.8. The lowest BCUT2D eigenvalue weighted by atomic mass is 10.3. The first-order valence-corrected chi connectivity index (χ1v) is 6.08. The summed E-state index contributed by atoms with van der Waals surface area (Å²) in [6.45, 7) is 1.10. The zero-order valence-corrected chi connectivity index (χ0v) is 11.6. The molecular weight excluding hydrogens is 275 g/mol. The first-order chi connectivity index (χ1) is 9.08. The number of hydrogen-bond donors (Lipinski definition) is 0. The highest BCUT2D eigenvalue weighted by Crippen LogP contribution is 2.19. The Kier molecular flexibility index (Phi) is 6.52. The van der Waals surface area contributed by atoms with E-state index in [1.165, 1.54) is 19.4 Å². The van der Waals surface area contributed by atoms with Crippen molar-refractivity contribution >= 4 is 23.4 Å². The molecule has 0 unspecified atom stereocenters.